The van der Waals surface area contributed by atoms with Gasteiger partial charge in [-0.1, -0.05) is 6.42 Å². The fraction of sp³-hybridized carbons (Fsp3) is 0.533. The fourth-order valence-corrected chi connectivity index (χ4v) is 3.04. The van der Waals surface area contributed by atoms with Crippen molar-refractivity contribution in [3.8, 4) is 5.75 Å². The Hall–Kier alpha value is -1.51. The van der Waals surface area contributed by atoms with Gasteiger partial charge in [-0.3, -0.25) is 0 Å². The number of ether oxygens (including phenoxy) is 2. The number of carbonyl (C=O) groups is 1. The number of hydrogen-bond acceptors (Lipinski definition) is 3. The number of rotatable bonds is 2. The largest absolute Gasteiger partial charge is 0.489 e. The van der Waals surface area contributed by atoms with E-state index in [0.717, 1.165) is 12.2 Å². The Labute approximate surface area is 107 Å². The monoisotopic (exact) mass is 246 g/mol. The van der Waals surface area contributed by atoms with Crippen molar-refractivity contribution < 1.29 is 14.3 Å². The zero-order chi connectivity index (χ0) is 12.5. The van der Waals surface area contributed by atoms with Crippen LogP contribution in [0.4, 0.5) is 0 Å². The third-order valence-corrected chi connectivity index (χ3v) is 3.90. The number of carbonyl (C=O) groups excluding carboxylic acids is 1. The molecule has 0 amide bonds. The first kappa shape index (κ1) is 11.6. The number of hydrogen-bond donors (Lipinski definition) is 0. The van der Waals surface area contributed by atoms with Gasteiger partial charge in [-0.2, -0.15) is 0 Å². The molecule has 1 fully saturated rings. The van der Waals surface area contributed by atoms with Crippen LogP contribution in [0.25, 0.3) is 0 Å². The Morgan fingerprint density at radius 1 is 1.39 bits per heavy atom. The minimum Gasteiger partial charge on any atom is -0.489 e. The van der Waals surface area contributed by atoms with Gasteiger partial charge in [0.05, 0.1) is 12.2 Å². The van der Waals surface area contributed by atoms with Gasteiger partial charge >= 0.3 is 5.97 Å². The summed E-state index contributed by atoms with van der Waals surface area (Å²) >= 11 is 0. The zero-order valence-corrected chi connectivity index (χ0v) is 10.6. The second-order valence-electron chi connectivity index (χ2n) is 5.02. The molecule has 0 spiro atoms. The minimum absolute atomic E-state index is 0.237. The molecule has 0 aromatic heterocycles. The van der Waals surface area contributed by atoms with Crippen LogP contribution in [0, 0.1) is 0 Å². The highest BCUT2D eigenvalue weighted by atomic mass is 16.5. The highest BCUT2D eigenvalue weighted by molar-refractivity contribution is 5.90. The molecule has 0 bridgehead atoms. The second kappa shape index (κ2) is 4.63. The van der Waals surface area contributed by atoms with Gasteiger partial charge in [0.1, 0.15) is 11.9 Å². The van der Waals surface area contributed by atoms with Crippen LogP contribution in [0.5, 0.6) is 5.75 Å². The van der Waals surface area contributed by atoms with Crippen LogP contribution in [0.1, 0.15) is 54.4 Å². The molecule has 2 aliphatic rings. The zero-order valence-electron chi connectivity index (χ0n) is 10.6. The van der Waals surface area contributed by atoms with Gasteiger partial charge in [0.25, 0.3) is 0 Å². The van der Waals surface area contributed by atoms with Crippen LogP contribution in [-0.2, 0) is 4.74 Å². The molecule has 1 heterocycles. The van der Waals surface area contributed by atoms with Crippen molar-refractivity contribution in [2.75, 3.05) is 6.61 Å². The molecule has 1 aliphatic heterocycles. The number of esters is 1. The van der Waals surface area contributed by atoms with Gasteiger partial charge < -0.3 is 9.47 Å². The van der Waals surface area contributed by atoms with Crippen LogP contribution >= 0.6 is 0 Å². The molecule has 3 heteroatoms. The maximum atomic E-state index is 11.7. The van der Waals surface area contributed by atoms with Crippen LogP contribution in [-0.4, -0.2) is 18.7 Å². The average molecular weight is 246 g/mol. The van der Waals surface area contributed by atoms with Crippen LogP contribution in [0.15, 0.2) is 18.2 Å². The standard InChI is InChI=1S/C15H18O3/c1-2-17-15(16)10-7-8-14-12(9-10)11-5-3-4-6-13(11)18-14/h7-9,11,13H,2-6H2,1H3/t11-,13-/m0/s1. The lowest BCUT2D eigenvalue weighted by Gasteiger charge is -2.23. The molecular weight excluding hydrogens is 228 g/mol. The third kappa shape index (κ3) is 1.88. The fourth-order valence-electron chi connectivity index (χ4n) is 3.04. The predicted molar refractivity (Wildman–Crippen MR) is 68.0 cm³/mol. The van der Waals surface area contributed by atoms with Crippen molar-refractivity contribution in [3.63, 3.8) is 0 Å². The molecule has 18 heavy (non-hydrogen) atoms. The molecule has 0 N–H and O–H groups in total. The van der Waals surface area contributed by atoms with Crippen molar-refractivity contribution in [1.82, 2.24) is 0 Å². The van der Waals surface area contributed by atoms with Gasteiger partial charge in [-0.15, -0.1) is 0 Å². The van der Waals surface area contributed by atoms with E-state index in [1.165, 1.54) is 24.8 Å². The maximum Gasteiger partial charge on any atom is 0.338 e. The highest BCUT2D eigenvalue weighted by Gasteiger charge is 2.36. The SMILES string of the molecule is CCOC(=O)c1ccc2c(c1)[C@@H]1CCCC[C@@H]1O2. The lowest BCUT2D eigenvalue weighted by molar-refractivity contribution is 0.0526. The molecule has 96 valence electrons. The van der Waals surface area contributed by atoms with E-state index < -0.39 is 0 Å². The molecule has 0 unspecified atom stereocenters. The van der Waals surface area contributed by atoms with Crippen molar-refractivity contribution in [2.45, 2.75) is 44.6 Å². The van der Waals surface area contributed by atoms with Crippen molar-refractivity contribution in [2.24, 2.45) is 0 Å². The van der Waals surface area contributed by atoms with Crippen molar-refractivity contribution in [1.29, 1.82) is 0 Å². The van der Waals surface area contributed by atoms with E-state index in [4.69, 9.17) is 9.47 Å². The van der Waals surface area contributed by atoms with Gasteiger partial charge in [-0.05, 0) is 44.4 Å². The summed E-state index contributed by atoms with van der Waals surface area (Å²) in [6.45, 7) is 2.24. The van der Waals surface area contributed by atoms with Crippen LogP contribution in [0.3, 0.4) is 0 Å². The van der Waals surface area contributed by atoms with E-state index >= 15 is 0 Å². The smallest absolute Gasteiger partial charge is 0.338 e. The first-order valence-electron chi connectivity index (χ1n) is 6.77. The van der Waals surface area contributed by atoms with E-state index in [1.54, 1.807) is 6.07 Å². The Morgan fingerprint density at radius 2 is 2.22 bits per heavy atom. The number of benzene rings is 1. The minimum atomic E-state index is -0.237. The van der Waals surface area contributed by atoms with Crippen LogP contribution < -0.4 is 4.74 Å². The molecular formula is C15H18O3. The quantitative estimate of drug-likeness (QED) is 0.751. The van der Waals surface area contributed by atoms with E-state index in [9.17, 15) is 4.79 Å². The summed E-state index contributed by atoms with van der Waals surface area (Å²) in [7, 11) is 0. The molecule has 2 atom stereocenters. The summed E-state index contributed by atoms with van der Waals surface area (Å²) in [5, 5.41) is 0. The van der Waals surface area contributed by atoms with Crippen LogP contribution in [0.2, 0.25) is 0 Å². The topological polar surface area (TPSA) is 35.5 Å². The molecule has 1 aromatic carbocycles. The first-order chi connectivity index (χ1) is 8.79. The summed E-state index contributed by atoms with van der Waals surface area (Å²) < 4.78 is 11.0. The van der Waals surface area contributed by atoms with Gasteiger partial charge in [0.2, 0.25) is 0 Å². The normalized spacial score (nSPS) is 24.9. The highest BCUT2D eigenvalue weighted by Crippen LogP contribution is 2.45. The lowest BCUT2D eigenvalue weighted by Crippen LogP contribution is -2.22. The predicted octanol–water partition coefficient (Wildman–Crippen LogP) is 3.28. The Bertz CT molecular complexity index is 467. The van der Waals surface area contributed by atoms with E-state index in [-0.39, 0.29) is 5.97 Å². The molecule has 1 aromatic rings. The molecule has 1 aliphatic carbocycles. The molecule has 3 rings (SSSR count). The summed E-state index contributed by atoms with van der Waals surface area (Å²) in [4.78, 5) is 11.7. The first-order valence-corrected chi connectivity index (χ1v) is 6.77. The van der Waals surface area contributed by atoms with Gasteiger partial charge in [0.15, 0.2) is 0 Å². The van der Waals surface area contributed by atoms with E-state index in [0.29, 0.717) is 24.2 Å². The molecule has 1 saturated carbocycles. The Morgan fingerprint density at radius 3 is 3.06 bits per heavy atom. The van der Waals surface area contributed by atoms with Gasteiger partial charge in [0, 0.05) is 11.5 Å². The summed E-state index contributed by atoms with van der Waals surface area (Å²) in [5.74, 6) is 1.20. The van der Waals surface area contributed by atoms with E-state index in [1.807, 2.05) is 19.1 Å². The van der Waals surface area contributed by atoms with Gasteiger partial charge in [-0.25, -0.2) is 4.79 Å². The van der Waals surface area contributed by atoms with Crippen molar-refractivity contribution >= 4 is 5.97 Å². The Balaban J connectivity index is 1.89. The van der Waals surface area contributed by atoms with E-state index in [2.05, 4.69) is 0 Å². The molecule has 0 radical (unpaired) electrons. The maximum absolute atomic E-state index is 11.7. The molecule has 0 saturated heterocycles. The number of fused-ring (bicyclic) bond motifs is 3. The lowest BCUT2D eigenvalue weighted by atomic mass is 9.83. The summed E-state index contributed by atoms with van der Waals surface area (Å²) in [6.07, 6.45) is 5.14. The summed E-state index contributed by atoms with van der Waals surface area (Å²) in [6, 6.07) is 5.68. The average Bonchev–Trinajstić information content (AvgIpc) is 2.76. The second-order valence-corrected chi connectivity index (χ2v) is 5.02. The van der Waals surface area contributed by atoms with Crippen molar-refractivity contribution in [3.05, 3.63) is 29.3 Å². The molecule has 3 nitrogen and oxygen atoms in total. The Kier molecular flexibility index (Phi) is 2.98. The third-order valence-electron chi connectivity index (χ3n) is 3.90. The summed E-state index contributed by atoms with van der Waals surface area (Å²) in [5.41, 5.74) is 1.84.